The number of rotatable bonds is 49. The highest BCUT2D eigenvalue weighted by atomic mass is 16.5. The first-order chi connectivity index (χ1) is 40.2. The summed E-state index contributed by atoms with van der Waals surface area (Å²) in [6, 6.07) is 0. The Kier molecular flexibility index (Phi) is 44.3. The first-order valence-electron chi connectivity index (χ1n) is 27.9. The molecule has 0 radical (unpaired) electrons. The van der Waals surface area contributed by atoms with Crippen molar-refractivity contribution in [3.8, 4) is 12.3 Å². The normalized spacial score (nSPS) is 10.9. The molecule has 0 aliphatic heterocycles. The van der Waals surface area contributed by atoms with Gasteiger partial charge in [0.1, 0.15) is 0 Å². The van der Waals surface area contributed by atoms with E-state index in [0.717, 1.165) is 0 Å². The maximum absolute atomic E-state index is 13.8. The molecule has 0 aliphatic carbocycles. The molecule has 29 heteroatoms. The van der Waals surface area contributed by atoms with E-state index in [-0.39, 0.29) is 238 Å². The van der Waals surface area contributed by atoms with Crippen LogP contribution < -0.4 is 10.6 Å². The molecule has 0 fully saturated rings. The van der Waals surface area contributed by atoms with Crippen LogP contribution in [0.3, 0.4) is 0 Å². The van der Waals surface area contributed by atoms with E-state index in [2.05, 4.69) is 16.6 Å². The topological polar surface area (TPSA) is 325 Å². The molecule has 0 aliphatic rings. The van der Waals surface area contributed by atoms with Gasteiger partial charge in [-0.1, -0.05) is 5.92 Å². The van der Waals surface area contributed by atoms with Gasteiger partial charge in [-0.05, 0) is 0 Å². The predicted molar refractivity (Wildman–Crippen MR) is 302 cm³/mol. The maximum Gasteiger partial charge on any atom is 0.306 e. The average molecular weight is 1200 g/mol. The molecule has 4 amide bonds. The Labute approximate surface area is 494 Å². The summed E-state index contributed by atoms with van der Waals surface area (Å²) < 4.78 is 38.3. The van der Waals surface area contributed by atoms with Crippen molar-refractivity contribution in [2.24, 2.45) is 0 Å². The van der Waals surface area contributed by atoms with Gasteiger partial charge in [-0.25, -0.2) is 0 Å². The summed E-state index contributed by atoms with van der Waals surface area (Å²) in [5.41, 5.74) is 0. The molecule has 0 saturated carbocycles. The van der Waals surface area contributed by atoms with Crippen LogP contribution in [0.1, 0.15) is 77.0 Å². The van der Waals surface area contributed by atoms with Crippen LogP contribution in [0.15, 0.2) is 0 Å². The van der Waals surface area contributed by atoms with E-state index in [1.165, 1.54) is 56.9 Å². The van der Waals surface area contributed by atoms with E-state index in [1.807, 2.05) is 19.6 Å². The molecule has 0 heterocycles. The van der Waals surface area contributed by atoms with Crippen LogP contribution in [-0.4, -0.2) is 300 Å². The van der Waals surface area contributed by atoms with Crippen molar-refractivity contribution < 1.29 is 95.4 Å². The standard InChI is InChI=1S/C55H93N9O20/c1-10-25-58(26-13-44(65)56-23-11-46(67)63(40-36-59(28-15-48(69)77-2)29-16-49(70)78-3)41-37-60(30-17-50(71)79-4)31-18-51(72)80-5)27-14-45(66)57-24-12-47(68)64(42-38-61(32-19-52(73)81-6)33-20-53(74)82-7)43-39-62(34-21-54(75)83-8)35-22-55(76)84-9/h1H,11-43H2,2-9H3,(H,56,65)(H,57,66). The van der Waals surface area contributed by atoms with E-state index in [1.54, 1.807) is 14.7 Å². The van der Waals surface area contributed by atoms with Crippen molar-refractivity contribution in [3.63, 3.8) is 0 Å². The van der Waals surface area contributed by atoms with Gasteiger partial charge in [-0.3, -0.25) is 62.4 Å². The molecule has 478 valence electrons. The molecule has 84 heavy (non-hydrogen) atoms. The Morgan fingerprint density at radius 3 is 0.679 bits per heavy atom. The zero-order chi connectivity index (χ0) is 63.1. The number of esters is 8. The summed E-state index contributed by atoms with van der Waals surface area (Å²) in [4.78, 5) is 162. The smallest absolute Gasteiger partial charge is 0.306 e. The highest BCUT2D eigenvalue weighted by molar-refractivity contribution is 5.80. The molecule has 0 atom stereocenters. The van der Waals surface area contributed by atoms with Crippen molar-refractivity contribution in [3.05, 3.63) is 0 Å². The molecule has 0 unspecified atom stereocenters. The summed E-state index contributed by atoms with van der Waals surface area (Å²) >= 11 is 0. The summed E-state index contributed by atoms with van der Waals surface area (Å²) in [5.74, 6) is -2.58. The van der Waals surface area contributed by atoms with Crippen molar-refractivity contribution in [1.29, 1.82) is 0 Å². The quantitative estimate of drug-likeness (QED) is 0.0381. The van der Waals surface area contributed by atoms with Gasteiger partial charge in [-0.15, -0.1) is 6.42 Å². The molecule has 0 saturated heterocycles. The lowest BCUT2D eigenvalue weighted by Crippen LogP contribution is -2.45. The number of ether oxygens (including phenoxy) is 8. The van der Waals surface area contributed by atoms with Crippen molar-refractivity contribution >= 4 is 71.4 Å². The van der Waals surface area contributed by atoms with Crippen LogP contribution in [0.25, 0.3) is 0 Å². The van der Waals surface area contributed by atoms with Gasteiger partial charge in [0.05, 0.1) is 115 Å². The lowest BCUT2D eigenvalue weighted by Gasteiger charge is -2.30. The second-order valence-corrected chi connectivity index (χ2v) is 18.9. The van der Waals surface area contributed by atoms with Crippen LogP contribution in [-0.2, 0) is 95.4 Å². The molecule has 0 bridgehead atoms. The molecule has 0 aromatic heterocycles. The largest absolute Gasteiger partial charge is 0.469 e. The van der Waals surface area contributed by atoms with Crippen LogP contribution in [0.2, 0.25) is 0 Å². The number of methoxy groups -OCH3 is 8. The fraction of sp³-hybridized carbons (Fsp3) is 0.745. The molecule has 0 aromatic carbocycles. The van der Waals surface area contributed by atoms with Crippen LogP contribution >= 0.6 is 0 Å². The summed E-state index contributed by atoms with van der Waals surface area (Å²) in [5, 5.41) is 5.52. The Bertz CT molecular complexity index is 1770. The maximum atomic E-state index is 13.8. The van der Waals surface area contributed by atoms with Crippen LogP contribution in [0.4, 0.5) is 0 Å². The number of nitrogens with zero attached hydrogens (tertiary/aromatic N) is 7. The highest BCUT2D eigenvalue weighted by Crippen LogP contribution is 2.07. The number of amides is 4. The van der Waals surface area contributed by atoms with Gasteiger partial charge in [-0.2, -0.15) is 0 Å². The van der Waals surface area contributed by atoms with Gasteiger partial charge in [0.2, 0.25) is 23.6 Å². The third-order valence-corrected chi connectivity index (χ3v) is 13.3. The number of carbonyl (C=O) groups is 12. The van der Waals surface area contributed by atoms with E-state index < -0.39 is 47.8 Å². The zero-order valence-corrected chi connectivity index (χ0v) is 50.7. The monoisotopic (exact) mass is 1200 g/mol. The van der Waals surface area contributed by atoms with Gasteiger partial charge < -0.3 is 77.9 Å². The molecule has 2 N–H and O–H groups in total. The Hall–Kier alpha value is -7.00. The van der Waals surface area contributed by atoms with Gasteiger partial charge in [0.15, 0.2) is 0 Å². The number of hydrogen-bond donors (Lipinski definition) is 2. The molecular weight excluding hydrogens is 1110 g/mol. The van der Waals surface area contributed by atoms with Crippen molar-refractivity contribution in [2.75, 3.05) is 194 Å². The third-order valence-electron chi connectivity index (χ3n) is 13.3. The molecule has 0 spiro atoms. The van der Waals surface area contributed by atoms with E-state index in [0.29, 0.717) is 0 Å². The summed E-state index contributed by atoms with van der Waals surface area (Å²) in [6.45, 7) is 3.84. The highest BCUT2D eigenvalue weighted by Gasteiger charge is 2.23. The second kappa shape index (κ2) is 48.4. The van der Waals surface area contributed by atoms with E-state index in [9.17, 15) is 57.5 Å². The number of hydrogen-bond acceptors (Lipinski definition) is 25. The van der Waals surface area contributed by atoms with E-state index >= 15 is 0 Å². The summed E-state index contributed by atoms with van der Waals surface area (Å²) in [7, 11) is 10.1. The zero-order valence-electron chi connectivity index (χ0n) is 50.7. The average Bonchev–Trinajstić information content (AvgIpc) is 3.54. The van der Waals surface area contributed by atoms with Crippen molar-refractivity contribution in [1.82, 2.24) is 44.9 Å². The lowest BCUT2D eigenvalue weighted by molar-refractivity contribution is -0.143. The molecule has 29 nitrogen and oxygen atoms in total. The minimum atomic E-state index is -0.459. The predicted octanol–water partition coefficient (Wildman–Crippen LogP) is -1.92. The lowest BCUT2D eigenvalue weighted by atomic mass is 10.2. The van der Waals surface area contributed by atoms with Gasteiger partial charge in [0, 0.05) is 157 Å². The van der Waals surface area contributed by atoms with Gasteiger partial charge in [0.25, 0.3) is 0 Å². The first-order valence-corrected chi connectivity index (χ1v) is 27.9. The minimum Gasteiger partial charge on any atom is -0.469 e. The first kappa shape index (κ1) is 77.0. The van der Waals surface area contributed by atoms with E-state index in [4.69, 9.17) is 44.3 Å². The van der Waals surface area contributed by atoms with Crippen molar-refractivity contribution in [2.45, 2.75) is 77.0 Å². The molecule has 0 aromatic rings. The second-order valence-electron chi connectivity index (χ2n) is 18.9. The minimum absolute atomic E-state index is 0.0259. The fourth-order valence-corrected chi connectivity index (χ4v) is 7.95. The Morgan fingerprint density at radius 2 is 0.488 bits per heavy atom. The Morgan fingerprint density at radius 1 is 0.286 bits per heavy atom. The fourth-order valence-electron chi connectivity index (χ4n) is 7.95. The third kappa shape index (κ3) is 39.5. The van der Waals surface area contributed by atoms with Gasteiger partial charge >= 0.3 is 47.8 Å². The number of carbonyl (C=O) groups excluding carboxylic acids is 12. The number of terminal acetylenes is 1. The molecular formula is C55H93N9O20. The Balaban J connectivity index is 5.89. The SMILES string of the molecule is C#CCN(CCC(=O)NCCC(=O)N(CCN(CCC(=O)OC)CCC(=O)OC)CCN(CCC(=O)OC)CCC(=O)OC)CCC(=O)NCCC(=O)N(CCN(CCC(=O)OC)CCC(=O)OC)CCN(CCC(=O)OC)CCC(=O)OC. The number of nitrogens with one attached hydrogen (secondary N) is 2. The summed E-state index contributed by atoms with van der Waals surface area (Å²) in [6.07, 6.45) is 5.61. The van der Waals surface area contributed by atoms with Crippen LogP contribution in [0, 0.1) is 12.3 Å². The molecule has 0 rings (SSSR count). The van der Waals surface area contributed by atoms with Crippen LogP contribution in [0.5, 0.6) is 0 Å².